The zero-order valence-electron chi connectivity index (χ0n) is 9.30. The van der Waals surface area contributed by atoms with Crippen LogP contribution in [0.15, 0.2) is 48.5 Å². The van der Waals surface area contributed by atoms with E-state index in [1.807, 2.05) is 36.4 Å². The lowest BCUT2D eigenvalue weighted by Crippen LogP contribution is -1.97. The highest BCUT2D eigenvalue weighted by molar-refractivity contribution is 5.79. The molecular formula is C15H12O2. The fraction of sp³-hybridized carbons (Fsp3) is 0.0667. The fourth-order valence-electron chi connectivity index (χ4n) is 1.83. The number of carbonyl (C=O) groups is 2. The minimum absolute atomic E-state index is 0.601. The van der Waals surface area contributed by atoms with E-state index >= 15 is 0 Å². The zero-order valence-corrected chi connectivity index (χ0v) is 9.30. The summed E-state index contributed by atoms with van der Waals surface area (Å²) >= 11 is 0. The van der Waals surface area contributed by atoms with Crippen molar-refractivity contribution < 1.29 is 9.59 Å². The maximum Gasteiger partial charge on any atom is 0.150 e. The molecule has 0 spiro atoms. The van der Waals surface area contributed by atoms with E-state index in [0.29, 0.717) is 17.5 Å². The van der Waals surface area contributed by atoms with Crippen LogP contribution in [0.25, 0.3) is 0 Å². The molecule has 0 aliphatic heterocycles. The highest BCUT2D eigenvalue weighted by atomic mass is 16.1. The van der Waals surface area contributed by atoms with Gasteiger partial charge in [-0.05, 0) is 17.5 Å². The summed E-state index contributed by atoms with van der Waals surface area (Å²) in [4.78, 5) is 21.8. The van der Waals surface area contributed by atoms with E-state index in [9.17, 15) is 9.59 Å². The molecule has 2 nitrogen and oxygen atoms in total. The summed E-state index contributed by atoms with van der Waals surface area (Å²) in [5.74, 6) is 0. The number of hydrogen-bond acceptors (Lipinski definition) is 2. The van der Waals surface area contributed by atoms with Gasteiger partial charge in [0.25, 0.3) is 0 Å². The third-order valence-corrected chi connectivity index (χ3v) is 2.75. The minimum Gasteiger partial charge on any atom is -0.298 e. The van der Waals surface area contributed by atoms with Crippen LogP contribution < -0.4 is 0 Å². The molecule has 0 saturated heterocycles. The molecule has 0 amide bonds. The molecule has 0 bridgehead atoms. The van der Waals surface area contributed by atoms with Crippen molar-refractivity contribution in [3.8, 4) is 0 Å². The lowest BCUT2D eigenvalue weighted by molar-refractivity contribution is 0.111. The molecule has 0 saturated carbocycles. The number of aldehydes is 2. The summed E-state index contributed by atoms with van der Waals surface area (Å²) in [6.45, 7) is 0. The molecule has 2 heteroatoms. The van der Waals surface area contributed by atoms with E-state index in [2.05, 4.69) is 0 Å². The molecule has 84 valence electrons. The summed E-state index contributed by atoms with van der Waals surface area (Å²) in [6, 6.07) is 14.8. The summed E-state index contributed by atoms with van der Waals surface area (Å²) in [5, 5.41) is 0. The number of carbonyl (C=O) groups excluding carboxylic acids is 2. The van der Waals surface area contributed by atoms with Crippen LogP contribution in [-0.2, 0) is 6.42 Å². The molecular weight excluding hydrogens is 212 g/mol. The molecule has 2 aromatic carbocycles. The van der Waals surface area contributed by atoms with Gasteiger partial charge in [-0.15, -0.1) is 0 Å². The van der Waals surface area contributed by atoms with Crippen LogP contribution in [0.2, 0.25) is 0 Å². The normalized spacial score (nSPS) is 9.88. The second kappa shape index (κ2) is 5.21. The molecule has 0 aliphatic carbocycles. The van der Waals surface area contributed by atoms with Crippen molar-refractivity contribution in [2.24, 2.45) is 0 Å². The van der Waals surface area contributed by atoms with E-state index in [4.69, 9.17) is 0 Å². The van der Waals surface area contributed by atoms with Crippen molar-refractivity contribution in [3.63, 3.8) is 0 Å². The second-order valence-electron chi connectivity index (χ2n) is 3.81. The van der Waals surface area contributed by atoms with Gasteiger partial charge in [0.05, 0.1) is 0 Å². The Morgan fingerprint density at radius 3 is 1.53 bits per heavy atom. The number of hydrogen-bond donors (Lipinski definition) is 0. The van der Waals surface area contributed by atoms with E-state index in [0.717, 1.165) is 23.7 Å². The minimum atomic E-state index is 0.601. The topological polar surface area (TPSA) is 34.1 Å². The number of benzene rings is 2. The van der Waals surface area contributed by atoms with Crippen molar-refractivity contribution >= 4 is 12.6 Å². The first kappa shape index (κ1) is 11.3. The maximum atomic E-state index is 10.9. The summed E-state index contributed by atoms with van der Waals surface area (Å²) < 4.78 is 0. The van der Waals surface area contributed by atoms with Gasteiger partial charge >= 0.3 is 0 Å². The van der Waals surface area contributed by atoms with Gasteiger partial charge in [0.15, 0.2) is 0 Å². The fourth-order valence-corrected chi connectivity index (χ4v) is 1.83. The van der Waals surface area contributed by atoms with Gasteiger partial charge in [0, 0.05) is 11.1 Å². The molecule has 2 aromatic rings. The molecule has 17 heavy (non-hydrogen) atoms. The average Bonchev–Trinajstić information content (AvgIpc) is 2.40. The quantitative estimate of drug-likeness (QED) is 0.748. The van der Waals surface area contributed by atoms with Crippen molar-refractivity contribution in [2.75, 3.05) is 0 Å². The third kappa shape index (κ3) is 2.48. The van der Waals surface area contributed by atoms with Gasteiger partial charge in [-0.3, -0.25) is 9.59 Å². The molecule has 0 aromatic heterocycles. The predicted molar refractivity (Wildman–Crippen MR) is 66.5 cm³/mol. The lowest BCUT2D eigenvalue weighted by atomic mass is 9.97. The Balaban J connectivity index is 2.37. The largest absolute Gasteiger partial charge is 0.298 e. The van der Waals surface area contributed by atoms with Crippen LogP contribution in [0.1, 0.15) is 31.8 Å². The Labute approximate surface area is 99.9 Å². The highest BCUT2D eigenvalue weighted by Crippen LogP contribution is 2.15. The third-order valence-electron chi connectivity index (χ3n) is 2.75. The van der Waals surface area contributed by atoms with Crippen molar-refractivity contribution in [3.05, 3.63) is 70.8 Å². The molecule has 0 heterocycles. The van der Waals surface area contributed by atoms with Crippen LogP contribution in [0.3, 0.4) is 0 Å². The van der Waals surface area contributed by atoms with Gasteiger partial charge in [-0.25, -0.2) is 0 Å². The molecule has 0 fully saturated rings. The second-order valence-corrected chi connectivity index (χ2v) is 3.81. The molecule has 0 aliphatic rings. The first-order chi connectivity index (χ1) is 8.35. The van der Waals surface area contributed by atoms with E-state index in [1.54, 1.807) is 12.1 Å². The monoisotopic (exact) mass is 224 g/mol. The van der Waals surface area contributed by atoms with Gasteiger partial charge in [-0.1, -0.05) is 48.5 Å². The Hall–Kier alpha value is -2.22. The smallest absolute Gasteiger partial charge is 0.150 e. The predicted octanol–water partition coefficient (Wildman–Crippen LogP) is 2.90. The van der Waals surface area contributed by atoms with Gasteiger partial charge in [-0.2, -0.15) is 0 Å². The maximum absolute atomic E-state index is 10.9. The lowest BCUT2D eigenvalue weighted by Gasteiger charge is -2.06. The molecule has 2 rings (SSSR count). The van der Waals surface area contributed by atoms with Gasteiger partial charge in [0.2, 0.25) is 0 Å². The van der Waals surface area contributed by atoms with Gasteiger partial charge < -0.3 is 0 Å². The van der Waals surface area contributed by atoms with Crippen LogP contribution in [-0.4, -0.2) is 12.6 Å². The molecule has 0 N–H and O–H groups in total. The van der Waals surface area contributed by atoms with Crippen molar-refractivity contribution in [2.45, 2.75) is 6.42 Å². The first-order valence-corrected chi connectivity index (χ1v) is 5.41. The van der Waals surface area contributed by atoms with Crippen molar-refractivity contribution in [1.82, 2.24) is 0 Å². The Morgan fingerprint density at radius 1 is 0.706 bits per heavy atom. The zero-order chi connectivity index (χ0) is 12.1. The van der Waals surface area contributed by atoms with Crippen LogP contribution in [0.5, 0.6) is 0 Å². The summed E-state index contributed by atoms with van der Waals surface area (Å²) in [5.41, 5.74) is 3.23. The average molecular weight is 224 g/mol. The van der Waals surface area contributed by atoms with Crippen LogP contribution in [0, 0.1) is 0 Å². The van der Waals surface area contributed by atoms with Crippen molar-refractivity contribution in [1.29, 1.82) is 0 Å². The SMILES string of the molecule is O=Cc1ccccc1Cc1ccccc1C=O. The Morgan fingerprint density at radius 2 is 1.12 bits per heavy atom. The highest BCUT2D eigenvalue weighted by Gasteiger charge is 2.05. The van der Waals surface area contributed by atoms with E-state index in [-0.39, 0.29) is 0 Å². The molecule has 0 atom stereocenters. The van der Waals surface area contributed by atoms with E-state index in [1.165, 1.54) is 0 Å². The Bertz CT molecular complexity index is 495. The van der Waals surface area contributed by atoms with Gasteiger partial charge in [0.1, 0.15) is 12.6 Å². The molecule has 0 radical (unpaired) electrons. The standard InChI is InChI=1S/C15H12O2/c16-10-14-7-3-1-5-12(14)9-13-6-2-4-8-15(13)11-17/h1-8,10-11H,9H2. The van der Waals surface area contributed by atoms with Crippen LogP contribution in [0.4, 0.5) is 0 Å². The van der Waals surface area contributed by atoms with Crippen LogP contribution >= 0.6 is 0 Å². The number of rotatable bonds is 4. The summed E-state index contributed by atoms with van der Waals surface area (Å²) in [6.07, 6.45) is 2.29. The molecule has 0 unspecified atom stereocenters. The Kier molecular flexibility index (Phi) is 3.46. The van der Waals surface area contributed by atoms with E-state index < -0.39 is 0 Å². The first-order valence-electron chi connectivity index (χ1n) is 5.41. The summed E-state index contributed by atoms with van der Waals surface area (Å²) in [7, 11) is 0.